The first-order chi connectivity index (χ1) is 12.7. The third-order valence-electron chi connectivity index (χ3n) is 4.35. The van der Waals surface area contributed by atoms with Gasteiger partial charge in [0.05, 0.1) is 15.9 Å². The molecule has 7 nitrogen and oxygen atoms in total. The molecule has 0 spiro atoms. The van der Waals surface area contributed by atoms with E-state index in [4.69, 9.17) is 0 Å². The Labute approximate surface area is 154 Å². The molecule has 2 N–H and O–H groups in total. The summed E-state index contributed by atoms with van der Waals surface area (Å²) in [5, 5.41) is 0. The van der Waals surface area contributed by atoms with Crippen LogP contribution in [0.25, 0.3) is 11.0 Å². The Morgan fingerprint density at radius 3 is 2.52 bits per heavy atom. The lowest BCUT2D eigenvalue weighted by molar-refractivity contribution is 0.572. The summed E-state index contributed by atoms with van der Waals surface area (Å²) in [7, 11) is -3.76. The molecule has 27 heavy (non-hydrogen) atoms. The molecule has 0 aliphatic rings. The number of sulfonamides is 1. The molecule has 0 amide bonds. The van der Waals surface area contributed by atoms with Gasteiger partial charge in [0.25, 0.3) is 0 Å². The van der Waals surface area contributed by atoms with E-state index in [1.54, 1.807) is 12.1 Å². The van der Waals surface area contributed by atoms with Crippen molar-refractivity contribution >= 4 is 21.1 Å². The highest BCUT2D eigenvalue weighted by molar-refractivity contribution is 7.89. The summed E-state index contributed by atoms with van der Waals surface area (Å²) < 4.78 is 41.8. The summed E-state index contributed by atoms with van der Waals surface area (Å²) >= 11 is 0. The Morgan fingerprint density at radius 2 is 1.81 bits per heavy atom. The van der Waals surface area contributed by atoms with Gasteiger partial charge in [0, 0.05) is 13.1 Å². The van der Waals surface area contributed by atoms with Gasteiger partial charge in [-0.15, -0.1) is 0 Å². The molecule has 9 heteroatoms. The average Bonchev–Trinajstić information content (AvgIpc) is 2.60. The van der Waals surface area contributed by atoms with Crippen LogP contribution in [-0.4, -0.2) is 24.5 Å². The Balaban J connectivity index is 1.87. The van der Waals surface area contributed by atoms with Gasteiger partial charge in [-0.3, -0.25) is 9.59 Å². The number of nitrogens with zero attached hydrogens (tertiary/aromatic N) is 1. The molecule has 142 valence electrons. The Bertz CT molecular complexity index is 1250. The summed E-state index contributed by atoms with van der Waals surface area (Å²) in [5.74, 6) is -0.557. The van der Waals surface area contributed by atoms with Crippen molar-refractivity contribution in [2.75, 3.05) is 6.54 Å². The van der Waals surface area contributed by atoms with E-state index in [-0.39, 0.29) is 23.5 Å². The molecule has 0 radical (unpaired) electrons. The number of H-pyrrole nitrogens is 1. The number of fused-ring (bicyclic) bond motifs is 1. The van der Waals surface area contributed by atoms with Crippen molar-refractivity contribution in [3.8, 4) is 0 Å². The summed E-state index contributed by atoms with van der Waals surface area (Å²) in [6.07, 6.45) is 0. The minimum absolute atomic E-state index is 0.0744. The molecule has 0 bridgehead atoms. The van der Waals surface area contributed by atoms with Crippen LogP contribution in [0.2, 0.25) is 0 Å². The number of nitrogens with one attached hydrogen (secondary N) is 2. The molecule has 0 aliphatic heterocycles. The molecule has 0 atom stereocenters. The standard InChI is InChI=1S/C18H18FN3O4S/c1-11-3-5-14(9-12(11)2)27(25,26)20-7-8-22-16-6-4-13(19)10-15(16)21-17(23)18(22)24/h3-6,9-10,20H,7-8H2,1-2H3,(H,21,23). The van der Waals surface area contributed by atoms with Crippen LogP contribution in [0, 0.1) is 19.7 Å². The second kappa shape index (κ2) is 7.09. The molecule has 0 saturated heterocycles. The number of hydrogen-bond acceptors (Lipinski definition) is 4. The van der Waals surface area contributed by atoms with Crippen LogP contribution in [-0.2, 0) is 16.6 Å². The predicted octanol–water partition coefficient (Wildman–Crippen LogP) is 1.42. The van der Waals surface area contributed by atoms with Crippen molar-refractivity contribution in [2.24, 2.45) is 0 Å². The fourth-order valence-corrected chi connectivity index (χ4v) is 3.84. The van der Waals surface area contributed by atoms with E-state index in [1.165, 1.54) is 12.1 Å². The summed E-state index contributed by atoms with van der Waals surface area (Å²) in [5.41, 5.74) is 0.562. The molecular weight excluding hydrogens is 373 g/mol. The van der Waals surface area contributed by atoms with E-state index in [0.717, 1.165) is 27.8 Å². The van der Waals surface area contributed by atoms with Crippen LogP contribution in [0.3, 0.4) is 0 Å². The predicted molar refractivity (Wildman–Crippen MR) is 99.9 cm³/mol. The maximum Gasteiger partial charge on any atom is 0.316 e. The van der Waals surface area contributed by atoms with E-state index in [2.05, 4.69) is 9.71 Å². The zero-order valence-electron chi connectivity index (χ0n) is 14.7. The lowest BCUT2D eigenvalue weighted by atomic mass is 10.1. The summed E-state index contributed by atoms with van der Waals surface area (Å²) in [6.45, 7) is 3.52. The molecule has 1 heterocycles. The summed E-state index contributed by atoms with van der Waals surface area (Å²) in [4.78, 5) is 26.3. The fraction of sp³-hybridized carbons (Fsp3) is 0.222. The molecule has 2 aromatic carbocycles. The van der Waals surface area contributed by atoms with Gasteiger partial charge < -0.3 is 9.55 Å². The maximum atomic E-state index is 13.4. The highest BCUT2D eigenvalue weighted by atomic mass is 32.2. The van der Waals surface area contributed by atoms with Crippen molar-refractivity contribution in [3.05, 3.63) is 74.0 Å². The van der Waals surface area contributed by atoms with Crippen LogP contribution >= 0.6 is 0 Å². The van der Waals surface area contributed by atoms with Crippen molar-refractivity contribution in [1.29, 1.82) is 0 Å². The number of aromatic amines is 1. The molecule has 3 rings (SSSR count). The Morgan fingerprint density at radius 1 is 1.07 bits per heavy atom. The SMILES string of the molecule is Cc1ccc(S(=O)(=O)NCCn2c(=O)c(=O)[nH]c3cc(F)ccc32)cc1C. The molecule has 0 aliphatic carbocycles. The van der Waals surface area contributed by atoms with E-state index >= 15 is 0 Å². The normalized spacial score (nSPS) is 11.8. The van der Waals surface area contributed by atoms with Crippen LogP contribution in [0.15, 0.2) is 50.9 Å². The summed E-state index contributed by atoms with van der Waals surface area (Å²) in [6, 6.07) is 8.41. The second-order valence-electron chi connectivity index (χ2n) is 6.22. The van der Waals surface area contributed by atoms with Gasteiger partial charge in [0.2, 0.25) is 10.0 Å². The van der Waals surface area contributed by atoms with Crippen molar-refractivity contribution in [1.82, 2.24) is 14.3 Å². The molecular formula is C18H18FN3O4S. The van der Waals surface area contributed by atoms with Crippen molar-refractivity contribution in [2.45, 2.75) is 25.3 Å². The zero-order chi connectivity index (χ0) is 19.8. The molecule has 1 aromatic heterocycles. The van der Waals surface area contributed by atoms with Gasteiger partial charge in [0.1, 0.15) is 5.82 Å². The first-order valence-electron chi connectivity index (χ1n) is 8.18. The van der Waals surface area contributed by atoms with Gasteiger partial charge >= 0.3 is 11.1 Å². The number of rotatable bonds is 5. The second-order valence-corrected chi connectivity index (χ2v) is 7.98. The number of benzene rings is 2. The largest absolute Gasteiger partial charge is 0.316 e. The smallest absolute Gasteiger partial charge is 0.316 e. The van der Waals surface area contributed by atoms with Crippen LogP contribution in [0.1, 0.15) is 11.1 Å². The lowest BCUT2D eigenvalue weighted by Gasteiger charge is -2.12. The topological polar surface area (TPSA) is 101 Å². The first-order valence-corrected chi connectivity index (χ1v) is 9.67. The molecule has 0 unspecified atom stereocenters. The van der Waals surface area contributed by atoms with Gasteiger partial charge in [-0.05, 0) is 55.3 Å². The average molecular weight is 391 g/mol. The van der Waals surface area contributed by atoms with E-state index < -0.39 is 27.0 Å². The van der Waals surface area contributed by atoms with Crippen LogP contribution in [0.4, 0.5) is 4.39 Å². The molecule has 0 saturated carbocycles. The van der Waals surface area contributed by atoms with Gasteiger partial charge in [-0.2, -0.15) is 0 Å². The van der Waals surface area contributed by atoms with Gasteiger partial charge in [-0.1, -0.05) is 6.07 Å². The van der Waals surface area contributed by atoms with Gasteiger partial charge in [-0.25, -0.2) is 17.5 Å². The number of aromatic nitrogens is 2. The molecule has 3 aromatic rings. The number of aryl methyl sites for hydroxylation is 2. The number of halogens is 1. The maximum absolute atomic E-state index is 13.4. The van der Waals surface area contributed by atoms with Crippen LogP contribution < -0.4 is 15.8 Å². The fourth-order valence-electron chi connectivity index (χ4n) is 2.73. The molecule has 0 fully saturated rings. The first kappa shape index (κ1) is 19.0. The Hall–Kier alpha value is -2.78. The lowest BCUT2D eigenvalue weighted by Crippen LogP contribution is -2.39. The minimum atomic E-state index is -3.76. The highest BCUT2D eigenvalue weighted by Gasteiger charge is 2.15. The highest BCUT2D eigenvalue weighted by Crippen LogP contribution is 2.14. The third kappa shape index (κ3) is 3.83. The third-order valence-corrected chi connectivity index (χ3v) is 5.81. The number of hydrogen-bond donors (Lipinski definition) is 2. The Kier molecular flexibility index (Phi) is 4.99. The van der Waals surface area contributed by atoms with Crippen molar-refractivity contribution in [3.63, 3.8) is 0 Å². The van der Waals surface area contributed by atoms with Crippen LogP contribution in [0.5, 0.6) is 0 Å². The van der Waals surface area contributed by atoms with E-state index in [1.807, 2.05) is 13.8 Å². The van der Waals surface area contributed by atoms with E-state index in [0.29, 0.717) is 5.52 Å². The zero-order valence-corrected chi connectivity index (χ0v) is 15.6. The minimum Gasteiger partial charge on any atom is -0.316 e. The van der Waals surface area contributed by atoms with Gasteiger partial charge in [0.15, 0.2) is 0 Å². The van der Waals surface area contributed by atoms with Crippen molar-refractivity contribution < 1.29 is 12.8 Å². The quantitative estimate of drug-likeness (QED) is 0.643. The monoisotopic (exact) mass is 391 g/mol. The van der Waals surface area contributed by atoms with E-state index in [9.17, 15) is 22.4 Å².